The number of sulfone groups is 1. The summed E-state index contributed by atoms with van der Waals surface area (Å²) in [6.07, 6.45) is 2.14. The minimum atomic E-state index is -3.16. The Kier molecular flexibility index (Phi) is 7.89. The zero-order chi connectivity index (χ0) is 22.6. The Bertz CT molecular complexity index is 1020. The molecule has 1 unspecified atom stereocenters. The zero-order valence-electron chi connectivity index (χ0n) is 17.7. The topological polar surface area (TPSA) is 63.7 Å². The predicted molar refractivity (Wildman–Crippen MR) is 125 cm³/mol. The maximum atomic E-state index is 13.5. The van der Waals surface area contributed by atoms with Crippen LogP contribution in [-0.4, -0.2) is 43.4 Å². The molecule has 1 aliphatic heterocycles. The lowest BCUT2D eigenvalue weighted by Crippen LogP contribution is -2.40. The van der Waals surface area contributed by atoms with Gasteiger partial charge in [-0.25, -0.2) is 8.42 Å². The van der Waals surface area contributed by atoms with Gasteiger partial charge in [-0.1, -0.05) is 61.3 Å². The van der Waals surface area contributed by atoms with Crippen LogP contribution >= 0.6 is 23.2 Å². The second kappa shape index (κ2) is 10.2. The molecule has 0 bridgehead atoms. The first-order valence-corrected chi connectivity index (χ1v) is 13.0. The Morgan fingerprint density at radius 2 is 1.71 bits per heavy atom. The molecule has 1 saturated heterocycles. The summed E-state index contributed by atoms with van der Waals surface area (Å²) >= 11 is 12.7. The standard InChI is InChI=1S/C23H27Cl2NO4S/c1-3-10-30-22-20(24)12-18(13-21(22)25)23(27)26(19-9-11-31(28,29)15-19)14-17-7-5-16(4-2)6-8-17/h5-8,12-13,19H,3-4,9-11,14-15H2,1-2H3. The number of halogens is 2. The fraction of sp³-hybridized carbons (Fsp3) is 0.435. The third-order valence-corrected chi connectivity index (χ3v) is 7.70. The van der Waals surface area contributed by atoms with E-state index in [0.717, 1.165) is 18.4 Å². The molecule has 0 spiro atoms. The number of hydrogen-bond donors (Lipinski definition) is 0. The Labute approximate surface area is 194 Å². The maximum absolute atomic E-state index is 13.5. The van der Waals surface area contributed by atoms with Crippen LogP contribution in [0.15, 0.2) is 36.4 Å². The van der Waals surface area contributed by atoms with Crippen molar-refractivity contribution in [2.45, 2.75) is 45.7 Å². The van der Waals surface area contributed by atoms with Gasteiger partial charge < -0.3 is 9.64 Å². The van der Waals surface area contributed by atoms with Gasteiger partial charge in [-0.3, -0.25) is 4.79 Å². The number of carbonyl (C=O) groups excluding carboxylic acids is 1. The average Bonchev–Trinajstić information content (AvgIpc) is 3.10. The SMILES string of the molecule is CCCOc1c(Cl)cc(C(=O)N(Cc2ccc(CC)cc2)C2CCS(=O)(=O)C2)cc1Cl. The number of hydrogen-bond acceptors (Lipinski definition) is 4. The lowest BCUT2D eigenvalue weighted by molar-refractivity contribution is 0.0681. The smallest absolute Gasteiger partial charge is 0.254 e. The summed E-state index contributed by atoms with van der Waals surface area (Å²) in [4.78, 5) is 15.1. The first-order valence-electron chi connectivity index (χ1n) is 10.4. The second-order valence-electron chi connectivity index (χ2n) is 7.78. The van der Waals surface area contributed by atoms with E-state index in [4.69, 9.17) is 27.9 Å². The third-order valence-electron chi connectivity index (χ3n) is 5.39. The first-order chi connectivity index (χ1) is 14.7. The average molecular weight is 484 g/mol. The van der Waals surface area contributed by atoms with E-state index in [1.807, 2.05) is 31.2 Å². The highest BCUT2D eigenvalue weighted by molar-refractivity contribution is 7.91. The van der Waals surface area contributed by atoms with Crippen LogP contribution in [0.5, 0.6) is 5.75 Å². The van der Waals surface area contributed by atoms with E-state index in [1.54, 1.807) is 4.90 Å². The second-order valence-corrected chi connectivity index (χ2v) is 10.8. The van der Waals surface area contributed by atoms with E-state index in [-0.39, 0.29) is 27.5 Å². The molecule has 2 aromatic carbocycles. The van der Waals surface area contributed by atoms with E-state index in [0.29, 0.717) is 30.9 Å². The lowest BCUT2D eigenvalue weighted by atomic mass is 10.1. The van der Waals surface area contributed by atoms with E-state index < -0.39 is 15.9 Å². The predicted octanol–water partition coefficient (Wildman–Crippen LogP) is 5.17. The van der Waals surface area contributed by atoms with Crippen LogP contribution in [0.3, 0.4) is 0 Å². The van der Waals surface area contributed by atoms with Crippen LogP contribution in [-0.2, 0) is 22.8 Å². The molecular formula is C23H27Cl2NO4S. The lowest BCUT2D eigenvalue weighted by Gasteiger charge is -2.29. The first kappa shape index (κ1) is 23.9. The Balaban J connectivity index is 1.91. The summed E-state index contributed by atoms with van der Waals surface area (Å²) in [5, 5.41) is 0.520. The van der Waals surface area contributed by atoms with Crippen LogP contribution in [0.1, 0.15) is 48.2 Å². The van der Waals surface area contributed by atoms with Gasteiger partial charge in [-0.2, -0.15) is 0 Å². The van der Waals surface area contributed by atoms with Crippen LogP contribution in [0.4, 0.5) is 0 Å². The van der Waals surface area contributed by atoms with Gasteiger partial charge in [0.15, 0.2) is 15.6 Å². The number of aryl methyl sites for hydroxylation is 1. The monoisotopic (exact) mass is 483 g/mol. The van der Waals surface area contributed by atoms with E-state index >= 15 is 0 Å². The molecule has 2 aromatic rings. The van der Waals surface area contributed by atoms with Crippen molar-refractivity contribution in [2.75, 3.05) is 18.1 Å². The molecule has 1 amide bonds. The Hall–Kier alpha value is -1.76. The summed E-state index contributed by atoms with van der Waals surface area (Å²) in [6, 6.07) is 10.7. The van der Waals surface area contributed by atoms with Crippen molar-refractivity contribution in [3.8, 4) is 5.75 Å². The largest absolute Gasteiger partial charge is 0.490 e. The molecular weight excluding hydrogens is 457 g/mol. The van der Waals surface area contributed by atoms with Crippen molar-refractivity contribution in [3.05, 3.63) is 63.1 Å². The molecule has 8 heteroatoms. The highest BCUT2D eigenvalue weighted by atomic mass is 35.5. The van der Waals surface area contributed by atoms with Crippen molar-refractivity contribution in [1.82, 2.24) is 4.90 Å². The van der Waals surface area contributed by atoms with Gasteiger partial charge in [0.05, 0.1) is 28.2 Å². The molecule has 0 aromatic heterocycles. The van der Waals surface area contributed by atoms with Crippen LogP contribution in [0.25, 0.3) is 0 Å². The summed E-state index contributed by atoms with van der Waals surface area (Å²) in [6.45, 7) is 4.83. The van der Waals surface area contributed by atoms with Gasteiger partial charge in [0.2, 0.25) is 0 Å². The number of benzene rings is 2. The number of nitrogens with zero attached hydrogens (tertiary/aromatic N) is 1. The van der Waals surface area contributed by atoms with Gasteiger partial charge in [-0.15, -0.1) is 0 Å². The molecule has 3 rings (SSSR count). The van der Waals surface area contributed by atoms with Crippen molar-refractivity contribution < 1.29 is 17.9 Å². The van der Waals surface area contributed by atoms with E-state index in [2.05, 4.69) is 6.92 Å². The quantitative estimate of drug-likeness (QED) is 0.519. The Morgan fingerprint density at radius 1 is 1.10 bits per heavy atom. The van der Waals surface area contributed by atoms with Crippen LogP contribution in [0.2, 0.25) is 10.0 Å². The minimum absolute atomic E-state index is 0.0368. The van der Waals surface area contributed by atoms with Crippen molar-refractivity contribution >= 4 is 38.9 Å². The van der Waals surface area contributed by atoms with E-state index in [1.165, 1.54) is 17.7 Å². The van der Waals surface area contributed by atoms with Crippen molar-refractivity contribution in [2.24, 2.45) is 0 Å². The number of carbonyl (C=O) groups is 1. The van der Waals surface area contributed by atoms with E-state index in [9.17, 15) is 13.2 Å². The molecule has 168 valence electrons. The molecule has 31 heavy (non-hydrogen) atoms. The fourth-order valence-electron chi connectivity index (χ4n) is 3.66. The molecule has 0 N–H and O–H groups in total. The van der Waals surface area contributed by atoms with Gasteiger partial charge in [0, 0.05) is 18.2 Å². The van der Waals surface area contributed by atoms with Crippen molar-refractivity contribution in [3.63, 3.8) is 0 Å². The van der Waals surface area contributed by atoms with Gasteiger partial charge in [0.1, 0.15) is 0 Å². The van der Waals surface area contributed by atoms with Gasteiger partial charge >= 0.3 is 0 Å². The summed E-state index contributed by atoms with van der Waals surface area (Å²) in [5.41, 5.74) is 2.45. The Morgan fingerprint density at radius 3 is 2.23 bits per heavy atom. The van der Waals surface area contributed by atoms with Gasteiger partial charge in [0.25, 0.3) is 5.91 Å². The highest BCUT2D eigenvalue weighted by Gasteiger charge is 2.35. The minimum Gasteiger partial charge on any atom is -0.490 e. The molecule has 0 radical (unpaired) electrons. The zero-order valence-corrected chi connectivity index (χ0v) is 20.1. The molecule has 1 heterocycles. The summed E-state index contributed by atoms with van der Waals surface area (Å²) < 4.78 is 29.8. The normalized spacial score (nSPS) is 17.5. The van der Waals surface area contributed by atoms with Crippen LogP contribution in [0, 0.1) is 0 Å². The molecule has 1 aliphatic rings. The molecule has 0 saturated carbocycles. The summed E-state index contributed by atoms with van der Waals surface area (Å²) in [7, 11) is -3.16. The molecule has 1 atom stereocenters. The van der Waals surface area contributed by atoms with Crippen molar-refractivity contribution in [1.29, 1.82) is 0 Å². The van der Waals surface area contributed by atoms with Crippen LogP contribution < -0.4 is 4.74 Å². The molecule has 1 fully saturated rings. The molecule has 0 aliphatic carbocycles. The summed E-state index contributed by atoms with van der Waals surface area (Å²) in [5.74, 6) is 0.103. The maximum Gasteiger partial charge on any atom is 0.254 e. The highest BCUT2D eigenvalue weighted by Crippen LogP contribution is 2.35. The molecule has 5 nitrogen and oxygen atoms in total. The number of rotatable bonds is 8. The fourth-order valence-corrected chi connectivity index (χ4v) is 5.98. The van der Waals surface area contributed by atoms with Gasteiger partial charge in [-0.05, 0) is 42.5 Å². The number of ether oxygens (including phenoxy) is 1. The third kappa shape index (κ3) is 5.93. The number of amides is 1.